The van der Waals surface area contributed by atoms with Crippen LogP contribution in [0.3, 0.4) is 0 Å². The molecule has 1 fully saturated rings. The van der Waals surface area contributed by atoms with Crippen molar-refractivity contribution in [2.45, 2.75) is 4.90 Å². The second kappa shape index (κ2) is 7.72. The van der Waals surface area contributed by atoms with Crippen molar-refractivity contribution in [1.29, 1.82) is 0 Å². The molecule has 0 spiro atoms. The lowest BCUT2D eigenvalue weighted by Crippen LogP contribution is -2.41. The van der Waals surface area contributed by atoms with Crippen LogP contribution in [0.1, 0.15) is 15.9 Å². The topological polar surface area (TPSA) is 75.7 Å². The third-order valence-electron chi connectivity index (χ3n) is 4.50. The molecule has 142 valence electrons. The van der Waals surface area contributed by atoms with Gasteiger partial charge in [0.25, 0.3) is 10.0 Å². The van der Waals surface area contributed by atoms with E-state index in [0.29, 0.717) is 43.1 Å². The molecule has 2 aromatic rings. The number of sulfonamides is 1. The van der Waals surface area contributed by atoms with Crippen molar-refractivity contribution < 1.29 is 17.9 Å². The monoisotopic (exact) mass is 406 g/mol. The highest BCUT2D eigenvalue weighted by atomic mass is 35.5. The number of carbonyl (C=O) groups is 1. The SMILES string of the molecule is Cl.O=C(C1=C(N2CCOCC2)c2ccccc2S(=O)(=O)N1)c1ccccc1. The van der Waals surface area contributed by atoms with Gasteiger partial charge in [0.05, 0.1) is 23.8 Å². The fourth-order valence-corrected chi connectivity index (χ4v) is 4.55. The maximum Gasteiger partial charge on any atom is 0.262 e. The van der Waals surface area contributed by atoms with E-state index in [0.717, 1.165) is 0 Å². The Balaban J connectivity index is 0.00000210. The summed E-state index contributed by atoms with van der Waals surface area (Å²) in [6.07, 6.45) is 0. The Morgan fingerprint density at radius 1 is 0.963 bits per heavy atom. The average molecular weight is 407 g/mol. The molecule has 0 radical (unpaired) electrons. The van der Waals surface area contributed by atoms with Crippen molar-refractivity contribution in [2.24, 2.45) is 0 Å². The number of hydrogen-bond acceptors (Lipinski definition) is 5. The first-order chi connectivity index (χ1) is 12.6. The summed E-state index contributed by atoms with van der Waals surface area (Å²) in [5, 5.41) is 0. The molecule has 2 aliphatic heterocycles. The first kappa shape index (κ1) is 19.4. The minimum atomic E-state index is -3.80. The van der Waals surface area contributed by atoms with Crippen LogP contribution in [-0.4, -0.2) is 45.4 Å². The van der Waals surface area contributed by atoms with Gasteiger partial charge in [-0.3, -0.25) is 9.52 Å². The molecule has 0 unspecified atom stereocenters. The van der Waals surface area contributed by atoms with Crippen LogP contribution < -0.4 is 4.72 Å². The summed E-state index contributed by atoms with van der Waals surface area (Å²) in [4.78, 5) is 15.3. The van der Waals surface area contributed by atoms with Crippen molar-refractivity contribution in [1.82, 2.24) is 9.62 Å². The number of halogens is 1. The van der Waals surface area contributed by atoms with Crippen LogP contribution in [0.5, 0.6) is 0 Å². The molecule has 4 rings (SSSR count). The number of Topliss-reactive ketones (excluding diaryl/α,β-unsaturated/α-hetero) is 1. The minimum absolute atomic E-state index is 0. The summed E-state index contributed by atoms with van der Waals surface area (Å²) in [6, 6.07) is 15.5. The molecule has 2 aliphatic rings. The molecule has 6 nitrogen and oxygen atoms in total. The van der Waals surface area contributed by atoms with Crippen molar-refractivity contribution in [3.63, 3.8) is 0 Å². The highest BCUT2D eigenvalue weighted by molar-refractivity contribution is 7.89. The Hall–Kier alpha value is -2.35. The lowest BCUT2D eigenvalue weighted by molar-refractivity contribution is 0.0632. The van der Waals surface area contributed by atoms with Gasteiger partial charge in [-0.2, -0.15) is 0 Å². The van der Waals surface area contributed by atoms with Crippen LogP contribution in [0.2, 0.25) is 0 Å². The molecule has 2 heterocycles. The molecule has 0 aliphatic carbocycles. The van der Waals surface area contributed by atoms with E-state index in [1.165, 1.54) is 0 Å². The van der Waals surface area contributed by atoms with E-state index in [9.17, 15) is 13.2 Å². The van der Waals surface area contributed by atoms with Crippen LogP contribution in [0.25, 0.3) is 5.70 Å². The van der Waals surface area contributed by atoms with Gasteiger partial charge in [0.2, 0.25) is 5.78 Å². The summed E-state index contributed by atoms with van der Waals surface area (Å²) < 4.78 is 33.3. The maximum absolute atomic E-state index is 13.1. The Labute approximate surface area is 164 Å². The summed E-state index contributed by atoms with van der Waals surface area (Å²) in [5.74, 6) is -0.342. The number of carbonyl (C=O) groups excluding carboxylic acids is 1. The molecule has 2 aromatic carbocycles. The van der Waals surface area contributed by atoms with E-state index >= 15 is 0 Å². The van der Waals surface area contributed by atoms with Gasteiger partial charge in [-0.25, -0.2) is 8.42 Å². The van der Waals surface area contributed by atoms with Crippen molar-refractivity contribution >= 4 is 33.9 Å². The molecule has 8 heteroatoms. The molecule has 0 atom stereocenters. The van der Waals surface area contributed by atoms with E-state index in [1.807, 2.05) is 11.0 Å². The van der Waals surface area contributed by atoms with Gasteiger partial charge in [-0.1, -0.05) is 48.5 Å². The minimum Gasteiger partial charge on any atom is -0.378 e. The van der Waals surface area contributed by atoms with Crippen LogP contribution in [0, 0.1) is 0 Å². The van der Waals surface area contributed by atoms with E-state index < -0.39 is 10.0 Å². The van der Waals surface area contributed by atoms with Gasteiger partial charge in [-0.05, 0) is 6.07 Å². The predicted molar refractivity (Wildman–Crippen MR) is 104 cm³/mol. The van der Waals surface area contributed by atoms with Gasteiger partial charge in [-0.15, -0.1) is 12.4 Å². The number of hydrogen-bond donors (Lipinski definition) is 1. The van der Waals surface area contributed by atoms with Gasteiger partial charge < -0.3 is 9.64 Å². The number of allylic oxidation sites excluding steroid dienone is 1. The quantitative estimate of drug-likeness (QED) is 0.791. The standard InChI is InChI=1S/C19H18N2O4S.ClH/c22-19(14-6-2-1-3-7-14)17-18(21-10-12-25-13-11-21)15-8-4-5-9-16(15)26(23,24)20-17;/h1-9,20H,10-13H2;1H. The van der Waals surface area contributed by atoms with Gasteiger partial charge >= 0.3 is 0 Å². The van der Waals surface area contributed by atoms with Gasteiger partial charge in [0.1, 0.15) is 5.70 Å². The lowest BCUT2D eigenvalue weighted by Gasteiger charge is -2.35. The van der Waals surface area contributed by atoms with Crippen molar-refractivity contribution in [2.75, 3.05) is 26.3 Å². The highest BCUT2D eigenvalue weighted by Gasteiger charge is 2.35. The molecule has 0 bridgehead atoms. The molecule has 27 heavy (non-hydrogen) atoms. The zero-order valence-corrected chi connectivity index (χ0v) is 16.1. The zero-order chi connectivity index (χ0) is 18.1. The molecular formula is C19H19ClN2O4S. The average Bonchev–Trinajstić information content (AvgIpc) is 2.68. The number of fused-ring (bicyclic) bond motifs is 1. The normalized spacial score (nSPS) is 18.1. The van der Waals surface area contributed by atoms with E-state index in [1.54, 1.807) is 48.5 Å². The van der Waals surface area contributed by atoms with Crippen molar-refractivity contribution in [3.05, 3.63) is 71.4 Å². The fraction of sp³-hybridized carbons (Fsp3) is 0.211. The molecule has 0 aromatic heterocycles. The zero-order valence-electron chi connectivity index (χ0n) is 14.4. The Morgan fingerprint density at radius 2 is 1.59 bits per heavy atom. The Kier molecular flexibility index (Phi) is 5.55. The molecule has 0 saturated carbocycles. The molecule has 0 amide bonds. The largest absolute Gasteiger partial charge is 0.378 e. The Bertz CT molecular complexity index is 984. The number of ether oxygens (including phenoxy) is 1. The number of benzene rings is 2. The van der Waals surface area contributed by atoms with Crippen molar-refractivity contribution in [3.8, 4) is 0 Å². The lowest BCUT2D eigenvalue weighted by atomic mass is 10.0. The van der Waals surface area contributed by atoms with Crippen LogP contribution in [-0.2, 0) is 14.8 Å². The first-order valence-electron chi connectivity index (χ1n) is 8.37. The Morgan fingerprint density at radius 3 is 2.30 bits per heavy atom. The van der Waals surface area contributed by atoms with E-state index in [2.05, 4.69) is 4.72 Å². The number of rotatable bonds is 3. The molecule has 1 saturated heterocycles. The first-order valence-corrected chi connectivity index (χ1v) is 9.85. The molecular weight excluding hydrogens is 388 g/mol. The maximum atomic E-state index is 13.1. The van der Waals surface area contributed by atoms with E-state index in [4.69, 9.17) is 4.74 Å². The van der Waals surface area contributed by atoms with Gasteiger partial charge in [0, 0.05) is 24.2 Å². The summed E-state index contributed by atoms with van der Waals surface area (Å²) in [6.45, 7) is 2.25. The number of nitrogens with zero attached hydrogens (tertiary/aromatic N) is 1. The fourth-order valence-electron chi connectivity index (χ4n) is 3.27. The third-order valence-corrected chi connectivity index (χ3v) is 5.90. The van der Waals surface area contributed by atoms with Crippen LogP contribution in [0.4, 0.5) is 0 Å². The predicted octanol–water partition coefficient (Wildman–Crippen LogP) is 2.28. The summed E-state index contributed by atoms with van der Waals surface area (Å²) >= 11 is 0. The second-order valence-electron chi connectivity index (χ2n) is 6.12. The van der Waals surface area contributed by atoms with Gasteiger partial charge in [0.15, 0.2) is 0 Å². The highest BCUT2D eigenvalue weighted by Crippen LogP contribution is 2.34. The summed E-state index contributed by atoms with van der Waals surface area (Å²) in [5.41, 5.74) is 1.70. The number of ketones is 1. The van der Waals surface area contributed by atoms with Crippen LogP contribution in [0.15, 0.2) is 65.2 Å². The molecule has 1 N–H and O–H groups in total. The smallest absolute Gasteiger partial charge is 0.262 e. The summed E-state index contributed by atoms with van der Waals surface area (Å²) in [7, 11) is -3.80. The third kappa shape index (κ3) is 3.58. The number of nitrogens with one attached hydrogen (secondary N) is 1. The number of morpholine rings is 1. The van der Waals surface area contributed by atoms with E-state index in [-0.39, 0.29) is 28.8 Å². The second-order valence-corrected chi connectivity index (χ2v) is 7.77. The van der Waals surface area contributed by atoms with Crippen LogP contribution >= 0.6 is 12.4 Å².